The Kier molecular flexibility index (Phi) is 5.83. The second-order valence-corrected chi connectivity index (χ2v) is 13.9. The van der Waals surface area contributed by atoms with Crippen LogP contribution in [0.4, 0.5) is 17.1 Å². The molecule has 8 aromatic carbocycles. The van der Waals surface area contributed by atoms with Crippen molar-refractivity contribution in [2.24, 2.45) is 0 Å². The van der Waals surface area contributed by atoms with Gasteiger partial charge in [-0.3, -0.25) is 0 Å². The normalized spacial score (nSPS) is 12.0. The summed E-state index contributed by atoms with van der Waals surface area (Å²) in [6, 6.07) is 61.2. The first-order chi connectivity index (χ1) is 24.8. The van der Waals surface area contributed by atoms with Crippen LogP contribution < -0.4 is 4.90 Å². The highest BCUT2D eigenvalue weighted by Crippen LogP contribution is 2.49. The minimum atomic E-state index is 0.874. The molecule has 3 heterocycles. The maximum atomic E-state index is 6.73. The van der Waals surface area contributed by atoms with Gasteiger partial charge in [-0.25, -0.2) is 0 Å². The minimum Gasteiger partial charge on any atom is -0.454 e. The number of fused-ring (bicyclic) bond motifs is 11. The van der Waals surface area contributed by atoms with Gasteiger partial charge in [-0.1, -0.05) is 115 Å². The lowest BCUT2D eigenvalue weighted by Gasteiger charge is -2.27. The Morgan fingerprint density at radius 1 is 0.480 bits per heavy atom. The molecule has 11 aromatic rings. The Balaban J connectivity index is 1.26. The van der Waals surface area contributed by atoms with E-state index in [1.165, 1.54) is 47.2 Å². The molecule has 0 aliphatic heterocycles. The van der Waals surface area contributed by atoms with Crippen LogP contribution in [0, 0.1) is 0 Å². The Morgan fingerprint density at radius 3 is 2.10 bits per heavy atom. The van der Waals surface area contributed by atoms with Gasteiger partial charge >= 0.3 is 0 Å². The van der Waals surface area contributed by atoms with Gasteiger partial charge in [0, 0.05) is 53.1 Å². The number of rotatable bonds is 4. The number of nitrogens with zero attached hydrogens (tertiary/aromatic N) is 2. The molecule has 0 saturated carbocycles. The molecular weight excluding hydrogens is 629 g/mol. The number of anilines is 3. The fourth-order valence-corrected chi connectivity index (χ4v) is 9.25. The van der Waals surface area contributed by atoms with Gasteiger partial charge in [0.15, 0.2) is 5.58 Å². The molecule has 4 heteroatoms. The predicted octanol–water partition coefficient (Wildman–Crippen LogP) is 13.7. The summed E-state index contributed by atoms with van der Waals surface area (Å²) in [4.78, 5) is 2.42. The van der Waals surface area contributed by atoms with E-state index in [1.807, 2.05) is 17.4 Å². The molecule has 11 rings (SSSR count). The summed E-state index contributed by atoms with van der Waals surface area (Å²) >= 11 is 1.87. The van der Waals surface area contributed by atoms with Crippen molar-refractivity contribution >= 4 is 103 Å². The Bertz CT molecular complexity index is 3110. The molecule has 0 radical (unpaired) electrons. The largest absolute Gasteiger partial charge is 0.454 e. The molecule has 234 valence electrons. The van der Waals surface area contributed by atoms with Crippen LogP contribution in [0.1, 0.15) is 0 Å². The molecule has 50 heavy (non-hydrogen) atoms. The minimum absolute atomic E-state index is 0.874. The third-order valence-corrected chi connectivity index (χ3v) is 11.4. The van der Waals surface area contributed by atoms with E-state index in [9.17, 15) is 0 Å². The van der Waals surface area contributed by atoms with Gasteiger partial charge in [0.25, 0.3) is 0 Å². The fraction of sp³-hybridized carbons (Fsp3) is 0. The Morgan fingerprint density at radius 2 is 1.18 bits per heavy atom. The summed E-state index contributed by atoms with van der Waals surface area (Å²) in [7, 11) is 0. The number of thiophene rings is 1. The number of para-hydroxylation sites is 4. The third kappa shape index (κ3) is 3.91. The van der Waals surface area contributed by atoms with E-state index in [0.717, 1.165) is 50.2 Å². The van der Waals surface area contributed by atoms with Crippen LogP contribution >= 0.6 is 11.3 Å². The number of aromatic nitrogens is 1. The summed E-state index contributed by atoms with van der Waals surface area (Å²) < 4.78 is 11.7. The van der Waals surface area contributed by atoms with Gasteiger partial charge < -0.3 is 13.9 Å². The van der Waals surface area contributed by atoms with Crippen molar-refractivity contribution in [3.8, 4) is 5.69 Å². The van der Waals surface area contributed by atoms with Gasteiger partial charge in [-0.15, -0.1) is 11.3 Å². The molecule has 0 atom stereocenters. The summed E-state index contributed by atoms with van der Waals surface area (Å²) in [5.74, 6) is 0. The number of furan rings is 1. The Hall–Kier alpha value is -6.36. The summed E-state index contributed by atoms with van der Waals surface area (Å²) in [6.45, 7) is 0. The van der Waals surface area contributed by atoms with Crippen molar-refractivity contribution in [3.05, 3.63) is 170 Å². The van der Waals surface area contributed by atoms with E-state index in [2.05, 4.69) is 173 Å². The zero-order valence-corrected chi connectivity index (χ0v) is 27.7. The first-order valence-electron chi connectivity index (χ1n) is 16.9. The number of hydrogen-bond donors (Lipinski definition) is 0. The molecule has 0 aliphatic rings. The highest BCUT2D eigenvalue weighted by molar-refractivity contribution is 7.26. The molecule has 3 nitrogen and oxygen atoms in total. The van der Waals surface area contributed by atoms with Crippen molar-refractivity contribution in [1.82, 2.24) is 4.57 Å². The number of benzene rings is 8. The molecule has 0 spiro atoms. The molecule has 0 fully saturated rings. The Labute approximate surface area is 291 Å². The van der Waals surface area contributed by atoms with E-state index < -0.39 is 0 Å². The van der Waals surface area contributed by atoms with Gasteiger partial charge in [-0.2, -0.15) is 0 Å². The standard InChI is InChI=1S/C46H28N2OS/c1-2-13-30(14-3-1)47-38-19-8-6-16-33(38)34-27-25-31(28-41(34)47)48(40-21-10-18-36-35-17-7-9-22-42(35)49-45(36)40)39-20-11-23-43-44(39)37-26-24-29-12-4-5-15-32(29)46(37)50-43/h1-28H. The maximum absolute atomic E-state index is 6.73. The molecule has 3 aromatic heterocycles. The lowest BCUT2D eigenvalue weighted by molar-refractivity contribution is 0.669. The molecule has 0 bridgehead atoms. The molecule has 0 N–H and O–H groups in total. The lowest BCUT2D eigenvalue weighted by Crippen LogP contribution is -2.11. The summed E-state index contributed by atoms with van der Waals surface area (Å²) in [6.07, 6.45) is 0. The zero-order valence-electron chi connectivity index (χ0n) is 26.9. The van der Waals surface area contributed by atoms with E-state index in [-0.39, 0.29) is 0 Å². The second-order valence-electron chi connectivity index (χ2n) is 12.9. The van der Waals surface area contributed by atoms with Crippen molar-refractivity contribution in [2.45, 2.75) is 0 Å². The van der Waals surface area contributed by atoms with Crippen LogP contribution in [0.3, 0.4) is 0 Å². The van der Waals surface area contributed by atoms with E-state index >= 15 is 0 Å². The van der Waals surface area contributed by atoms with Crippen LogP contribution in [-0.2, 0) is 0 Å². The topological polar surface area (TPSA) is 21.3 Å². The summed E-state index contributed by atoms with van der Waals surface area (Å²) in [5, 5.41) is 9.75. The van der Waals surface area contributed by atoms with E-state index in [4.69, 9.17) is 4.42 Å². The maximum Gasteiger partial charge on any atom is 0.159 e. The molecular formula is C46H28N2OS. The lowest BCUT2D eigenvalue weighted by atomic mass is 10.0. The molecule has 0 unspecified atom stereocenters. The zero-order chi connectivity index (χ0) is 32.8. The third-order valence-electron chi connectivity index (χ3n) is 10.2. The SMILES string of the molecule is c1ccc(-n2c3ccccc3c3ccc(N(c4cccc5c4oc4ccccc45)c4cccc5sc6c7ccccc7ccc6c45)cc32)cc1. The van der Waals surface area contributed by atoms with Crippen LogP contribution in [0.5, 0.6) is 0 Å². The quantitative estimate of drug-likeness (QED) is 0.188. The van der Waals surface area contributed by atoms with Crippen molar-refractivity contribution in [1.29, 1.82) is 0 Å². The highest BCUT2D eigenvalue weighted by atomic mass is 32.1. The van der Waals surface area contributed by atoms with Gasteiger partial charge in [-0.05, 0) is 65.4 Å². The van der Waals surface area contributed by atoms with Crippen molar-refractivity contribution in [2.75, 3.05) is 4.90 Å². The van der Waals surface area contributed by atoms with Crippen molar-refractivity contribution < 1.29 is 4.42 Å². The molecule has 0 aliphatic carbocycles. The average molecular weight is 657 g/mol. The van der Waals surface area contributed by atoms with Crippen LogP contribution in [0.2, 0.25) is 0 Å². The van der Waals surface area contributed by atoms with Gasteiger partial charge in [0.2, 0.25) is 0 Å². The first-order valence-corrected chi connectivity index (χ1v) is 17.8. The fourth-order valence-electron chi connectivity index (χ4n) is 7.99. The molecule has 0 amide bonds. The van der Waals surface area contributed by atoms with Gasteiger partial charge in [0.05, 0.1) is 22.4 Å². The second kappa shape index (κ2) is 10.6. The highest BCUT2D eigenvalue weighted by Gasteiger charge is 2.24. The monoisotopic (exact) mass is 656 g/mol. The number of hydrogen-bond acceptors (Lipinski definition) is 3. The molecule has 0 saturated heterocycles. The van der Waals surface area contributed by atoms with E-state index in [1.54, 1.807) is 0 Å². The van der Waals surface area contributed by atoms with Crippen LogP contribution in [0.15, 0.2) is 174 Å². The average Bonchev–Trinajstić information content (AvgIpc) is 3.86. The van der Waals surface area contributed by atoms with Gasteiger partial charge in [0.1, 0.15) is 5.58 Å². The van der Waals surface area contributed by atoms with Crippen LogP contribution in [0.25, 0.3) is 80.4 Å². The van der Waals surface area contributed by atoms with Crippen molar-refractivity contribution in [3.63, 3.8) is 0 Å². The van der Waals surface area contributed by atoms with Crippen LogP contribution in [-0.4, -0.2) is 4.57 Å². The predicted molar refractivity (Wildman–Crippen MR) is 213 cm³/mol. The smallest absolute Gasteiger partial charge is 0.159 e. The summed E-state index contributed by atoms with van der Waals surface area (Å²) in [5.41, 5.74) is 8.45. The van der Waals surface area contributed by atoms with E-state index in [0.29, 0.717) is 0 Å². The first kappa shape index (κ1) is 27.6.